The smallest absolute Gasteiger partial charge is 0.120 e. The number of nitrogens with one attached hydrogen (secondary N) is 1. The maximum atomic E-state index is 6.20. The van der Waals surface area contributed by atoms with Crippen molar-refractivity contribution in [3.8, 4) is 11.5 Å². The predicted molar refractivity (Wildman–Crippen MR) is 77.8 cm³/mol. The Hall–Kier alpha value is -1.22. The van der Waals surface area contributed by atoms with Crippen LogP contribution >= 0.6 is 0 Å². The summed E-state index contributed by atoms with van der Waals surface area (Å²) in [5.41, 5.74) is 0. The van der Waals surface area contributed by atoms with Gasteiger partial charge in [-0.3, -0.25) is 0 Å². The Morgan fingerprint density at radius 2 is 1.68 bits per heavy atom. The van der Waals surface area contributed by atoms with E-state index in [1.807, 2.05) is 31.3 Å². The fourth-order valence-electron chi connectivity index (χ4n) is 3.12. The van der Waals surface area contributed by atoms with Gasteiger partial charge >= 0.3 is 0 Å². The molecule has 0 radical (unpaired) electrons. The third-order valence-corrected chi connectivity index (χ3v) is 4.09. The second-order valence-electron chi connectivity index (χ2n) is 5.71. The molecule has 19 heavy (non-hydrogen) atoms. The van der Waals surface area contributed by atoms with Crippen LogP contribution in [0.1, 0.15) is 26.7 Å². The standard InChI is InChI=1S/C16H25NO2/c1-11-9-12(2)16(15(10-11)17-3)19-14-7-5-13(18-4)6-8-14/h5-8,11-12,15-17H,9-10H2,1-4H3. The van der Waals surface area contributed by atoms with Gasteiger partial charge in [-0.1, -0.05) is 13.8 Å². The quantitative estimate of drug-likeness (QED) is 0.905. The fourth-order valence-corrected chi connectivity index (χ4v) is 3.12. The van der Waals surface area contributed by atoms with Crippen molar-refractivity contribution in [2.75, 3.05) is 14.2 Å². The number of rotatable bonds is 4. The monoisotopic (exact) mass is 263 g/mol. The van der Waals surface area contributed by atoms with Gasteiger partial charge in [0.1, 0.15) is 17.6 Å². The maximum Gasteiger partial charge on any atom is 0.120 e. The molecule has 4 atom stereocenters. The molecule has 1 saturated carbocycles. The molecule has 0 saturated heterocycles. The predicted octanol–water partition coefficient (Wildman–Crippen LogP) is 3.10. The maximum absolute atomic E-state index is 6.20. The number of hydrogen-bond acceptors (Lipinski definition) is 3. The average Bonchev–Trinajstić information content (AvgIpc) is 2.42. The molecule has 106 valence electrons. The highest BCUT2D eigenvalue weighted by Gasteiger charge is 2.34. The van der Waals surface area contributed by atoms with Crippen molar-refractivity contribution in [3.63, 3.8) is 0 Å². The van der Waals surface area contributed by atoms with Gasteiger partial charge < -0.3 is 14.8 Å². The van der Waals surface area contributed by atoms with Gasteiger partial charge in [0.15, 0.2) is 0 Å². The van der Waals surface area contributed by atoms with Crippen molar-refractivity contribution in [2.45, 2.75) is 38.8 Å². The summed E-state index contributed by atoms with van der Waals surface area (Å²) in [6.07, 6.45) is 2.66. The summed E-state index contributed by atoms with van der Waals surface area (Å²) in [4.78, 5) is 0. The minimum atomic E-state index is 0.245. The van der Waals surface area contributed by atoms with Gasteiger partial charge in [0.05, 0.1) is 7.11 Å². The molecule has 0 spiro atoms. The molecular weight excluding hydrogens is 238 g/mol. The minimum Gasteiger partial charge on any atom is -0.497 e. The Balaban J connectivity index is 2.06. The average molecular weight is 263 g/mol. The molecule has 1 aliphatic carbocycles. The number of methoxy groups -OCH3 is 1. The van der Waals surface area contributed by atoms with E-state index in [1.165, 1.54) is 12.8 Å². The van der Waals surface area contributed by atoms with Crippen LogP contribution in [0.2, 0.25) is 0 Å². The summed E-state index contributed by atoms with van der Waals surface area (Å²) in [7, 11) is 3.71. The molecule has 0 aromatic heterocycles. The highest BCUT2D eigenvalue weighted by molar-refractivity contribution is 5.31. The number of likely N-dealkylation sites (N-methyl/N-ethyl adjacent to an activating group) is 1. The molecule has 1 aromatic carbocycles. The van der Waals surface area contributed by atoms with Gasteiger partial charge in [-0.25, -0.2) is 0 Å². The van der Waals surface area contributed by atoms with Crippen LogP contribution in [0.25, 0.3) is 0 Å². The van der Waals surface area contributed by atoms with Gasteiger partial charge in [-0.15, -0.1) is 0 Å². The highest BCUT2D eigenvalue weighted by Crippen LogP contribution is 2.32. The molecule has 1 N–H and O–H groups in total. The molecule has 0 amide bonds. The van der Waals surface area contributed by atoms with Gasteiger partial charge in [-0.05, 0) is 56.0 Å². The van der Waals surface area contributed by atoms with Gasteiger partial charge in [0.25, 0.3) is 0 Å². The molecule has 4 unspecified atom stereocenters. The molecule has 1 aliphatic rings. The van der Waals surface area contributed by atoms with Crippen LogP contribution in [-0.2, 0) is 0 Å². The number of benzene rings is 1. The molecule has 0 heterocycles. The zero-order valence-corrected chi connectivity index (χ0v) is 12.3. The van der Waals surface area contributed by atoms with Crippen molar-refractivity contribution >= 4 is 0 Å². The van der Waals surface area contributed by atoms with Crippen LogP contribution in [0.15, 0.2) is 24.3 Å². The van der Waals surface area contributed by atoms with E-state index in [4.69, 9.17) is 9.47 Å². The second kappa shape index (κ2) is 6.29. The Bertz CT molecular complexity index is 390. The summed E-state index contributed by atoms with van der Waals surface area (Å²) >= 11 is 0. The normalized spacial score (nSPS) is 30.9. The van der Waals surface area contributed by atoms with Gasteiger partial charge in [-0.2, -0.15) is 0 Å². The van der Waals surface area contributed by atoms with Crippen molar-refractivity contribution in [1.82, 2.24) is 5.32 Å². The van der Waals surface area contributed by atoms with E-state index in [0.29, 0.717) is 12.0 Å². The molecule has 3 nitrogen and oxygen atoms in total. The van der Waals surface area contributed by atoms with Crippen LogP contribution in [0.3, 0.4) is 0 Å². The first kappa shape index (κ1) is 14.2. The lowest BCUT2D eigenvalue weighted by Gasteiger charge is -2.39. The van der Waals surface area contributed by atoms with Crippen LogP contribution < -0.4 is 14.8 Å². The Kier molecular flexibility index (Phi) is 4.70. The minimum absolute atomic E-state index is 0.245. The third-order valence-electron chi connectivity index (χ3n) is 4.09. The zero-order valence-electron chi connectivity index (χ0n) is 12.3. The topological polar surface area (TPSA) is 30.5 Å². The summed E-state index contributed by atoms with van der Waals surface area (Å²) in [5.74, 6) is 3.13. The van der Waals surface area contributed by atoms with E-state index in [-0.39, 0.29) is 6.10 Å². The van der Waals surface area contributed by atoms with E-state index < -0.39 is 0 Å². The van der Waals surface area contributed by atoms with Gasteiger partial charge in [0, 0.05) is 6.04 Å². The highest BCUT2D eigenvalue weighted by atomic mass is 16.5. The van der Waals surface area contributed by atoms with Crippen molar-refractivity contribution < 1.29 is 9.47 Å². The van der Waals surface area contributed by atoms with E-state index in [9.17, 15) is 0 Å². The fraction of sp³-hybridized carbons (Fsp3) is 0.625. The third kappa shape index (κ3) is 3.41. The summed E-state index contributed by atoms with van der Waals surface area (Å²) in [5, 5.41) is 3.41. The lowest BCUT2D eigenvalue weighted by molar-refractivity contribution is 0.0506. The number of hydrogen-bond donors (Lipinski definition) is 1. The van der Waals surface area contributed by atoms with Crippen molar-refractivity contribution in [3.05, 3.63) is 24.3 Å². The number of ether oxygens (including phenoxy) is 2. The zero-order chi connectivity index (χ0) is 13.8. The summed E-state index contributed by atoms with van der Waals surface area (Å²) < 4.78 is 11.4. The molecular formula is C16H25NO2. The van der Waals surface area contributed by atoms with E-state index in [0.717, 1.165) is 17.4 Å². The molecule has 1 fully saturated rings. The molecule has 3 heteroatoms. The summed E-state index contributed by atoms with van der Waals surface area (Å²) in [6.45, 7) is 4.61. The van der Waals surface area contributed by atoms with E-state index in [1.54, 1.807) is 7.11 Å². The van der Waals surface area contributed by atoms with Crippen molar-refractivity contribution in [2.24, 2.45) is 11.8 Å². The largest absolute Gasteiger partial charge is 0.497 e. The molecule has 0 aliphatic heterocycles. The van der Waals surface area contributed by atoms with Crippen LogP contribution in [-0.4, -0.2) is 26.3 Å². The Labute approximate surface area is 116 Å². The molecule has 2 rings (SSSR count). The van der Waals surface area contributed by atoms with Gasteiger partial charge in [0.2, 0.25) is 0 Å². The first-order valence-corrected chi connectivity index (χ1v) is 7.12. The SMILES string of the molecule is CNC1CC(C)CC(C)C1Oc1ccc(OC)cc1. The first-order valence-electron chi connectivity index (χ1n) is 7.12. The molecule has 0 bridgehead atoms. The Morgan fingerprint density at radius 1 is 1.05 bits per heavy atom. The van der Waals surface area contributed by atoms with E-state index >= 15 is 0 Å². The van der Waals surface area contributed by atoms with Crippen LogP contribution in [0, 0.1) is 11.8 Å². The Morgan fingerprint density at radius 3 is 2.26 bits per heavy atom. The van der Waals surface area contributed by atoms with Crippen LogP contribution in [0.4, 0.5) is 0 Å². The molecule has 1 aromatic rings. The lowest BCUT2D eigenvalue weighted by Crippen LogP contribution is -2.49. The van der Waals surface area contributed by atoms with Crippen molar-refractivity contribution in [1.29, 1.82) is 0 Å². The van der Waals surface area contributed by atoms with E-state index in [2.05, 4.69) is 19.2 Å². The van der Waals surface area contributed by atoms with Crippen LogP contribution in [0.5, 0.6) is 11.5 Å². The summed E-state index contributed by atoms with van der Waals surface area (Å²) in [6, 6.07) is 8.28. The lowest BCUT2D eigenvalue weighted by atomic mass is 9.78. The second-order valence-corrected chi connectivity index (χ2v) is 5.71. The first-order chi connectivity index (χ1) is 9.13.